The topological polar surface area (TPSA) is 34.9 Å². The number of benzene rings is 4. The fraction of sp³-hybridized carbons (Fsp3) is 0.0370. The van der Waals surface area contributed by atoms with Crippen molar-refractivity contribution in [3.63, 3.8) is 0 Å². The summed E-state index contributed by atoms with van der Waals surface area (Å²) in [5.41, 5.74) is 3.71. The molecule has 0 radical (unpaired) electrons. The minimum absolute atomic E-state index is 0.0700. The zero-order valence-electron chi connectivity index (χ0n) is 16.6. The number of rotatable bonds is 3. The van der Waals surface area contributed by atoms with Gasteiger partial charge in [-0.15, -0.1) is 0 Å². The van der Waals surface area contributed by atoms with Crippen molar-refractivity contribution >= 4 is 33.8 Å². The predicted octanol–water partition coefficient (Wildman–Crippen LogP) is 6.02. The minimum Gasteiger partial charge on any atom is -0.268 e. The summed E-state index contributed by atoms with van der Waals surface area (Å²) < 4.78 is 1.69. The van der Waals surface area contributed by atoms with E-state index in [-0.39, 0.29) is 5.56 Å². The van der Waals surface area contributed by atoms with Crippen LogP contribution in [0.25, 0.3) is 39.5 Å². The maximum atomic E-state index is 13.4. The summed E-state index contributed by atoms with van der Waals surface area (Å²) in [6.07, 6.45) is 3.90. The average molecular weight is 388 g/mol. The molecule has 1 heterocycles. The smallest absolute Gasteiger partial charge is 0.266 e. The molecule has 30 heavy (non-hydrogen) atoms. The summed E-state index contributed by atoms with van der Waals surface area (Å²) in [4.78, 5) is 18.2. The summed E-state index contributed by atoms with van der Waals surface area (Å²) >= 11 is 0. The fourth-order valence-corrected chi connectivity index (χ4v) is 3.68. The van der Waals surface area contributed by atoms with E-state index in [0.717, 1.165) is 22.0 Å². The normalized spacial score (nSPS) is 11.5. The number of hydrogen-bond donors (Lipinski definition) is 0. The van der Waals surface area contributed by atoms with Crippen LogP contribution in [0.15, 0.2) is 95.8 Å². The number of fused-ring (bicyclic) bond motifs is 2. The van der Waals surface area contributed by atoms with Crippen molar-refractivity contribution in [3.05, 3.63) is 118 Å². The second kappa shape index (κ2) is 7.45. The van der Waals surface area contributed by atoms with Gasteiger partial charge in [-0.1, -0.05) is 78.4 Å². The second-order valence-electron chi connectivity index (χ2n) is 7.40. The van der Waals surface area contributed by atoms with Gasteiger partial charge in [-0.2, -0.15) is 0 Å². The standard InChI is InChI=1S/C27H20N2O/c1-19-10-12-20(13-11-19)14-17-26-28-25-9-5-4-8-24(25)27(30)29(26)23-16-15-21-6-2-3-7-22(21)18-23/h2-18H,1H3. The highest BCUT2D eigenvalue weighted by Crippen LogP contribution is 2.20. The van der Waals surface area contributed by atoms with Crippen molar-refractivity contribution in [1.82, 2.24) is 9.55 Å². The minimum atomic E-state index is -0.0700. The molecule has 0 amide bonds. The number of para-hydroxylation sites is 1. The molecular weight excluding hydrogens is 368 g/mol. The third kappa shape index (κ3) is 3.31. The first-order valence-electron chi connectivity index (χ1n) is 9.95. The maximum Gasteiger partial charge on any atom is 0.266 e. The molecule has 0 saturated heterocycles. The molecule has 0 fully saturated rings. The van der Waals surface area contributed by atoms with Crippen molar-refractivity contribution in [2.24, 2.45) is 0 Å². The molecular formula is C27H20N2O. The second-order valence-corrected chi connectivity index (χ2v) is 7.40. The first-order valence-corrected chi connectivity index (χ1v) is 9.95. The van der Waals surface area contributed by atoms with Gasteiger partial charge in [0.25, 0.3) is 5.56 Å². The van der Waals surface area contributed by atoms with E-state index in [4.69, 9.17) is 4.98 Å². The maximum absolute atomic E-state index is 13.4. The van der Waals surface area contributed by atoms with Crippen LogP contribution in [0.3, 0.4) is 0 Å². The van der Waals surface area contributed by atoms with Crippen LogP contribution >= 0.6 is 0 Å². The molecule has 0 saturated carbocycles. The number of aromatic nitrogens is 2. The van der Waals surface area contributed by atoms with E-state index in [1.165, 1.54) is 5.56 Å². The molecule has 0 spiro atoms. The molecule has 0 unspecified atom stereocenters. The Morgan fingerprint density at radius 1 is 0.767 bits per heavy atom. The summed E-state index contributed by atoms with van der Waals surface area (Å²) in [6.45, 7) is 2.07. The highest BCUT2D eigenvalue weighted by atomic mass is 16.1. The summed E-state index contributed by atoms with van der Waals surface area (Å²) in [5.74, 6) is 0.606. The lowest BCUT2D eigenvalue weighted by Crippen LogP contribution is -2.22. The zero-order chi connectivity index (χ0) is 20.5. The van der Waals surface area contributed by atoms with Crippen molar-refractivity contribution in [3.8, 4) is 5.69 Å². The van der Waals surface area contributed by atoms with Gasteiger partial charge in [0.1, 0.15) is 5.82 Å². The molecule has 3 nitrogen and oxygen atoms in total. The average Bonchev–Trinajstić information content (AvgIpc) is 2.78. The molecule has 5 rings (SSSR count). The van der Waals surface area contributed by atoms with Crippen molar-refractivity contribution in [1.29, 1.82) is 0 Å². The Balaban J connectivity index is 1.73. The molecule has 0 atom stereocenters. The number of hydrogen-bond acceptors (Lipinski definition) is 2. The molecule has 0 aliphatic heterocycles. The van der Waals surface area contributed by atoms with Crippen LogP contribution in [0.1, 0.15) is 17.0 Å². The van der Waals surface area contributed by atoms with E-state index >= 15 is 0 Å². The number of nitrogens with zero attached hydrogens (tertiary/aromatic N) is 2. The van der Waals surface area contributed by atoms with Gasteiger partial charge in [0.2, 0.25) is 0 Å². The summed E-state index contributed by atoms with van der Waals surface area (Å²) in [7, 11) is 0. The van der Waals surface area contributed by atoms with E-state index in [1.54, 1.807) is 4.57 Å². The van der Waals surface area contributed by atoms with Gasteiger partial charge in [-0.05, 0) is 53.6 Å². The van der Waals surface area contributed by atoms with E-state index < -0.39 is 0 Å². The zero-order valence-corrected chi connectivity index (χ0v) is 16.6. The van der Waals surface area contributed by atoms with Crippen LogP contribution in [-0.2, 0) is 0 Å². The Hall–Kier alpha value is -3.98. The third-order valence-electron chi connectivity index (χ3n) is 5.30. The van der Waals surface area contributed by atoms with Crippen molar-refractivity contribution in [2.75, 3.05) is 0 Å². The monoisotopic (exact) mass is 388 g/mol. The lowest BCUT2D eigenvalue weighted by atomic mass is 10.1. The molecule has 4 aromatic carbocycles. The van der Waals surface area contributed by atoms with Crippen LogP contribution in [0.4, 0.5) is 0 Å². The van der Waals surface area contributed by atoms with E-state index in [0.29, 0.717) is 16.7 Å². The Kier molecular flexibility index (Phi) is 4.49. The highest BCUT2D eigenvalue weighted by molar-refractivity contribution is 5.85. The van der Waals surface area contributed by atoms with Gasteiger partial charge in [-0.3, -0.25) is 9.36 Å². The highest BCUT2D eigenvalue weighted by Gasteiger charge is 2.11. The molecule has 1 aromatic heterocycles. The Morgan fingerprint density at radius 3 is 2.33 bits per heavy atom. The lowest BCUT2D eigenvalue weighted by molar-refractivity contribution is 0.946. The van der Waals surface area contributed by atoms with E-state index in [9.17, 15) is 4.79 Å². The Bertz CT molecular complexity index is 1460. The molecule has 5 aromatic rings. The van der Waals surface area contributed by atoms with Crippen LogP contribution in [0.2, 0.25) is 0 Å². The summed E-state index contributed by atoms with van der Waals surface area (Å²) in [6, 6.07) is 30.0. The van der Waals surface area contributed by atoms with Crippen LogP contribution < -0.4 is 5.56 Å². The van der Waals surface area contributed by atoms with E-state index in [1.807, 2.05) is 66.7 Å². The molecule has 0 aliphatic carbocycles. The molecule has 3 heteroatoms. The summed E-state index contributed by atoms with van der Waals surface area (Å²) in [5, 5.41) is 2.83. The largest absolute Gasteiger partial charge is 0.268 e. The lowest BCUT2D eigenvalue weighted by Gasteiger charge is -2.12. The Labute approximate surface area is 174 Å². The van der Waals surface area contributed by atoms with Crippen molar-refractivity contribution in [2.45, 2.75) is 6.92 Å². The van der Waals surface area contributed by atoms with Gasteiger partial charge >= 0.3 is 0 Å². The first-order chi connectivity index (χ1) is 14.7. The SMILES string of the molecule is Cc1ccc(C=Cc2nc3ccccc3c(=O)n2-c2ccc3ccccc3c2)cc1. The van der Waals surface area contributed by atoms with Gasteiger partial charge in [0.05, 0.1) is 16.6 Å². The quantitative estimate of drug-likeness (QED) is 0.379. The third-order valence-corrected chi connectivity index (χ3v) is 5.30. The first kappa shape index (κ1) is 18.1. The molecule has 0 bridgehead atoms. The fourth-order valence-electron chi connectivity index (χ4n) is 3.68. The van der Waals surface area contributed by atoms with Crippen LogP contribution in [-0.4, -0.2) is 9.55 Å². The van der Waals surface area contributed by atoms with E-state index in [2.05, 4.69) is 43.3 Å². The predicted molar refractivity (Wildman–Crippen MR) is 125 cm³/mol. The van der Waals surface area contributed by atoms with Gasteiger partial charge in [0, 0.05) is 0 Å². The Morgan fingerprint density at radius 2 is 1.50 bits per heavy atom. The van der Waals surface area contributed by atoms with Crippen LogP contribution in [0.5, 0.6) is 0 Å². The number of aryl methyl sites for hydroxylation is 1. The molecule has 0 N–H and O–H groups in total. The van der Waals surface area contributed by atoms with Gasteiger partial charge < -0.3 is 0 Å². The van der Waals surface area contributed by atoms with Crippen molar-refractivity contribution < 1.29 is 0 Å². The van der Waals surface area contributed by atoms with Gasteiger partial charge in [0.15, 0.2) is 0 Å². The molecule has 0 aliphatic rings. The van der Waals surface area contributed by atoms with Gasteiger partial charge in [-0.25, -0.2) is 4.98 Å². The molecule has 144 valence electrons. The van der Waals surface area contributed by atoms with Crippen LogP contribution in [0, 0.1) is 6.92 Å².